The Labute approximate surface area is 132 Å². The third kappa shape index (κ3) is 6.93. The van der Waals surface area contributed by atoms with Gasteiger partial charge in [-0.1, -0.05) is 26.0 Å². The van der Waals surface area contributed by atoms with Crippen molar-refractivity contribution in [3.05, 3.63) is 29.8 Å². The minimum absolute atomic E-state index is 0. The highest BCUT2D eigenvalue weighted by molar-refractivity contribution is 7.90. The molecule has 3 N–H and O–H groups in total. The Morgan fingerprint density at radius 2 is 1.76 bits per heavy atom. The van der Waals surface area contributed by atoms with Gasteiger partial charge in [0.25, 0.3) is 0 Å². The summed E-state index contributed by atoms with van der Waals surface area (Å²) in [6.45, 7) is 4.36. The number of halogens is 1. The van der Waals surface area contributed by atoms with Gasteiger partial charge in [-0.05, 0) is 30.0 Å². The van der Waals surface area contributed by atoms with E-state index in [1.54, 1.807) is 12.1 Å². The van der Waals surface area contributed by atoms with Gasteiger partial charge in [-0.15, -0.1) is 12.4 Å². The number of sulfone groups is 1. The van der Waals surface area contributed by atoms with Crippen molar-refractivity contribution in [3.63, 3.8) is 0 Å². The normalized spacial score (nSPS) is 12.6. The molecule has 1 rings (SSSR count). The van der Waals surface area contributed by atoms with Gasteiger partial charge in [0.1, 0.15) is 0 Å². The van der Waals surface area contributed by atoms with Gasteiger partial charge in [0.2, 0.25) is 5.91 Å². The zero-order chi connectivity index (χ0) is 15.3. The summed E-state index contributed by atoms with van der Waals surface area (Å²) < 4.78 is 22.6. The van der Waals surface area contributed by atoms with Gasteiger partial charge >= 0.3 is 0 Å². The van der Waals surface area contributed by atoms with Crippen molar-refractivity contribution in [2.24, 2.45) is 11.7 Å². The number of hydrogen-bond acceptors (Lipinski definition) is 4. The van der Waals surface area contributed by atoms with E-state index in [0.29, 0.717) is 18.9 Å². The Kier molecular flexibility index (Phi) is 7.92. The Morgan fingerprint density at radius 1 is 1.24 bits per heavy atom. The smallest absolute Gasteiger partial charge is 0.237 e. The van der Waals surface area contributed by atoms with Crippen LogP contribution in [0, 0.1) is 5.92 Å². The van der Waals surface area contributed by atoms with E-state index in [9.17, 15) is 13.2 Å². The molecule has 0 bridgehead atoms. The maximum atomic E-state index is 11.7. The molecule has 0 heterocycles. The largest absolute Gasteiger partial charge is 0.351 e. The minimum Gasteiger partial charge on any atom is -0.351 e. The lowest BCUT2D eigenvalue weighted by molar-refractivity contribution is -0.122. The van der Waals surface area contributed by atoms with Crippen LogP contribution in [0.2, 0.25) is 0 Å². The molecule has 21 heavy (non-hydrogen) atoms. The van der Waals surface area contributed by atoms with Crippen molar-refractivity contribution in [3.8, 4) is 0 Å². The summed E-state index contributed by atoms with van der Waals surface area (Å²) in [5.41, 5.74) is 6.61. The molecule has 7 heteroatoms. The van der Waals surface area contributed by atoms with Crippen molar-refractivity contribution in [1.29, 1.82) is 0 Å². The summed E-state index contributed by atoms with van der Waals surface area (Å²) in [5, 5.41) is 2.75. The first-order valence-electron chi connectivity index (χ1n) is 6.52. The van der Waals surface area contributed by atoms with E-state index in [2.05, 4.69) is 5.32 Å². The van der Waals surface area contributed by atoms with Crippen LogP contribution in [0.25, 0.3) is 0 Å². The van der Waals surface area contributed by atoms with Gasteiger partial charge in [-0.25, -0.2) is 8.42 Å². The van der Waals surface area contributed by atoms with Crippen LogP contribution in [0.4, 0.5) is 0 Å². The Bertz CT molecular complexity index is 556. The molecule has 0 saturated carbocycles. The standard InChI is InChI=1S/C14H22N2O3S.ClH/c1-10(2)8-13(15)14(17)16-9-11-4-6-12(7-5-11)20(3,18)19;/h4-7,10,13H,8-9,15H2,1-3H3,(H,16,17);1H/t13-;/m0./s1. The summed E-state index contributed by atoms with van der Waals surface area (Å²) in [4.78, 5) is 12.0. The van der Waals surface area contributed by atoms with E-state index in [-0.39, 0.29) is 23.2 Å². The molecule has 1 amide bonds. The highest BCUT2D eigenvalue weighted by Crippen LogP contribution is 2.10. The molecule has 0 aliphatic carbocycles. The van der Waals surface area contributed by atoms with Gasteiger partial charge in [0, 0.05) is 12.8 Å². The topological polar surface area (TPSA) is 89.3 Å². The maximum absolute atomic E-state index is 11.7. The lowest BCUT2D eigenvalue weighted by atomic mass is 10.0. The van der Waals surface area contributed by atoms with Crippen LogP contribution < -0.4 is 11.1 Å². The van der Waals surface area contributed by atoms with Crippen LogP contribution in [0.1, 0.15) is 25.8 Å². The SMILES string of the molecule is CC(C)C[C@H](N)C(=O)NCc1ccc(S(C)(=O)=O)cc1.Cl. The second-order valence-corrected chi connectivity index (χ2v) is 7.39. The lowest BCUT2D eigenvalue weighted by Crippen LogP contribution is -2.41. The molecule has 1 aromatic rings. The molecule has 0 radical (unpaired) electrons. The quantitative estimate of drug-likeness (QED) is 0.825. The average Bonchev–Trinajstić information content (AvgIpc) is 2.34. The number of nitrogens with two attached hydrogens (primary N) is 1. The number of carbonyl (C=O) groups is 1. The molecule has 0 aromatic heterocycles. The monoisotopic (exact) mass is 334 g/mol. The molecule has 0 aliphatic rings. The molecule has 1 aromatic carbocycles. The number of carbonyl (C=O) groups excluding carboxylic acids is 1. The molecule has 0 saturated heterocycles. The number of nitrogens with one attached hydrogen (secondary N) is 1. The predicted molar refractivity (Wildman–Crippen MR) is 86.1 cm³/mol. The highest BCUT2D eigenvalue weighted by atomic mass is 35.5. The van der Waals surface area contributed by atoms with Crippen LogP contribution in [0.15, 0.2) is 29.2 Å². The highest BCUT2D eigenvalue weighted by Gasteiger charge is 2.14. The van der Waals surface area contributed by atoms with Crippen molar-refractivity contribution in [1.82, 2.24) is 5.32 Å². The van der Waals surface area contributed by atoms with E-state index in [0.717, 1.165) is 11.8 Å². The van der Waals surface area contributed by atoms with Crippen LogP contribution in [-0.2, 0) is 21.2 Å². The molecule has 1 atom stereocenters. The molecule has 0 aliphatic heterocycles. The summed E-state index contributed by atoms with van der Waals surface area (Å²) >= 11 is 0. The van der Waals surface area contributed by atoms with Gasteiger partial charge in [-0.3, -0.25) is 4.79 Å². The third-order valence-electron chi connectivity index (χ3n) is 2.88. The lowest BCUT2D eigenvalue weighted by Gasteiger charge is -2.14. The second kappa shape index (κ2) is 8.36. The fourth-order valence-electron chi connectivity index (χ4n) is 1.79. The van der Waals surface area contributed by atoms with E-state index in [4.69, 9.17) is 5.73 Å². The van der Waals surface area contributed by atoms with Crippen LogP contribution in [0.5, 0.6) is 0 Å². The van der Waals surface area contributed by atoms with Crippen LogP contribution in [-0.4, -0.2) is 26.6 Å². The average molecular weight is 335 g/mol. The van der Waals surface area contributed by atoms with E-state index >= 15 is 0 Å². The zero-order valence-corrected chi connectivity index (χ0v) is 14.1. The van der Waals surface area contributed by atoms with Crippen LogP contribution >= 0.6 is 12.4 Å². The van der Waals surface area contributed by atoms with E-state index < -0.39 is 15.9 Å². The predicted octanol–water partition coefficient (Wildman–Crippen LogP) is 1.50. The third-order valence-corrected chi connectivity index (χ3v) is 4.01. The molecular weight excluding hydrogens is 312 g/mol. The van der Waals surface area contributed by atoms with Crippen LogP contribution in [0.3, 0.4) is 0 Å². The summed E-state index contributed by atoms with van der Waals surface area (Å²) in [6, 6.07) is 5.93. The first-order valence-corrected chi connectivity index (χ1v) is 8.41. The fraction of sp³-hybridized carbons (Fsp3) is 0.500. The van der Waals surface area contributed by atoms with Crippen molar-refractivity contribution >= 4 is 28.2 Å². The second-order valence-electron chi connectivity index (χ2n) is 5.37. The van der Waals surface area contributed by atoms with Gasteiger partial charge < -0.3 is 11.1 Å². The number of amides is 1. The first kappa shape index (κ1) is 19.9. The van der Waals surface area contributed by atoms with Gasteiger partial charge in [-0.2, -0.15) is 0 Å². The molecule has 5 nitrogen and oxygen atoms in total. The first-order chi connectivity index (χ1) is 9.20. The van der Waals surface area contributed by atoms with Gasteiger partial charge in [0.05, 0.1) is 10.9 Å². The minimum atomic E-state index is -3.19. The number of rotatable bonds is 6. The molecule has 120 valence electrons. The van der Waals surface area contributed by atoms with Crippen molar-refractivity contribution in [2.75, 3.05) is 6.26 Å². The van der Waals surface area contributed by atoms with Gasteiger partial charge in [0.15, 0.2) is 9.84 Å². The summed E-state index contributed by atoms with van der Waals surface area (Å²) in [6.07, 6.45) is 1.80. The molecule has 0 fully saturated rings. The van der Waals surface area contributed by atoms with E-state index in [1.807, 2.05) is 13.8 Å². The number of benzene rings is 1. The Morgan fingerprint density at radius 3 is 2.19 bits per heavy atom. The van der Waals surface area contributed by atoms with Crippen molar-refractivity contribution in [2.45, 2.75) is 37.8 Å². The molecule has 0 spiro atoms. The Hall–Kier alpha value is -1.11. The summed E-state index contributed by atoms with van der Waals surface area (Å²) in [5.74, 6) is 0.177. The fourth-order valence-corrected chi connectivity index (χ4v) is 2.42. The number of hydrogen-bond donors (Lipinski definition) is 2. The Balaban J connectivity index is 0.00000400. The summed E-state index contributed by atoms with van der Waals surface area (Å²) in [7, 11) is -3.19. The maximum Gasteiger partial charge on any atom is 0.237 e. The molecular formula is C14H23ClN2O3S. The van der Waals surface area contributed by atoms with E-state index in [1.165, 1.54) is 12.1 Å². The molecule has 0 unspecified atom stereocenters. The van der Waals surface area contributed by atoms with Crippen molar-refractivity contribution < 1.29 is 13.2 Å². The zero-order valence-electron chi connectivity index (χ0n) is 12.5.